The van der Waals surface area contributed by atoms with Crippen LogP contribution in [0.5, 0.6) is 0 Å². The first-order chi connectivity index (χ1) is 9.26. The molecule has 1 heterocycles. The molecule has 19 heavy (non-hydrogen) atoms. The number of rotatable bonds is 3. The minimum absolute atomic E-state index is 0.291. The van der Waals surface area contributed by atoms with Gasteiger partial charge >= 0.3 is 0 Å². The lowest BCUT2D eigenvalue weighted by molar-refractivity contribution is -0.156. The Morgan fingerprint density at radius 1 is 1.05 bits per heavy atom. The van der Waals surface area contributed by atoms with Gasteiger partial charge in [-0.3, -0.25) is 9.80 Å². The number of carbonyl (C=O) groups is 1. The number of hydrogen-bond donors (Lipinski definition) is 1. The van der Waals surface area contributed by atoms with Crippen LogP contribution in [0.4, 0.5) is 0 Å². The average Bonchev–Trinajstić information content (AvgIpc) is 2.71. The zero-order valence-corrected chi connectivity index (χ0v) is 11.6. The van der Waals surface area contributed by atoms with Crippen LogP contribution in [0, 0.1) is 23.7 Å². The minimum Gasteiger partial charge on any atom is -0.329 e. The van der Waals surface area contributed by atoms with Gasteiger partial charge in [0.2, 0.25) is 5.91 Å². The van der Waals surface area contributed by atoms with Crippen molar-refractivity contribution < 1.29 is 4.79 Å². The fourth-order valence-corrected chi connectivity index (χ4v) is 5.67. The third-order valence-corrected chi connectivity index (χ3v) is 6.01. The monoisotopic (exact) mass is 263 g/mol. The van der Waals surface area contributed by atoms with E-state index in [1.165, 1.54) is 32.1 Å². The number of carbonyl (C=O) groups excluding carboxylic acids is 1. The van der Waals surface area contributed by atoms with Gasteiger partial charge in [0.25, 0.3) is 0 Å². The summed E-state index contributed by atoms with van der Waals surface area (Å²) in [6.45, 7) is 2.23. The van der Waals surface area contributed by atoms with Crippen LogP contribution in [0.25, 0.3) is 0 Å². The van der Waals surface area contributed by atoms with Crippen LogP contribution in [0.15, 0.2) is 0 Å². The predicted molar refractivity (Wildman–Crippen MR) is 72.9 cm³/mol. The number of amides is 1. The number of nitrogens with zero attached hydrogens (tertiary/aromatic N) is 2. The van der Waals surface area contributed by atoms with E-state index < -0.39 is 0 Å². The molecular formula is C15H25N3O. The Bertz CT molecular complexity index is 356. The number of nitrogens with two attached hydrogens (primary N) is 1. The minimum atomic E-state index is 0.291. The molecule has 0 unspecified atom stereocenters. The van der Waals surface area contributed by atoms with Gasteiger partial charge in [-0.1, -0.05) is 0 Å². The number of hydrogen-bond acceptors (Lipinski definition) is 3. The van der Waals surface area contributed by atoms with Crippen LogP contribution >= 0.6 is 0 Å². The average molecular weight is 263 g/mol. The Morgan fingerprint density at radius 2 is 1.68 bits per heavy atom. The molecule has 5 fully saturated rings. The second-order valence-corrected chi connectivity index (χ2v) is 7.14. The highest BCUT2D eigenvalue weighted by Gasteiger charge is 2.52. The van der Waals surface area contributed by atoms with E-state index in [1.807, 2.05) is 5.01 Å². The van der Waals surface area contributed by atoms with E-state index in [1.54, 1.807) is 0 Å². The summed E-state index contributed by atoms with van der Waals surface area (Å²) in [6, 6.07) is 0.644. The third-order valence-electron chi connectivity index (χ3n) is 6.01. The van der Waals surface area contributed by atoms with Gasteiger partial charge in [0.1, 0.15) is 0 Å². The lowest BCUT2D eigenvalue weighted by Crippen LogP contribution is -2.59. The van der Waals surface area contributed by atoms with Crippen molar-refractivity contribution in [2.75, 3.05) is 19.6 Å². The van der Waals surface area contributed by atoms with Crippen molar-refractivity contribution in [2.24, 2.45) is 29.4 Å². The fourth-order valence-electron chi connectivity index (χ4n) is 5.67. The van der Waals surface area contributed by atoms with Crippen molar-refractivity contribution in [1.29, 1.82) is 0 Å². The molecule has 0 aromatic rings. The van der Waals surface area contributed by atoms with Crippen molar-refractivity contribution in [1.82, 2.24) is 10.0 Å². The van der Waals surface area contributed by atoms with Gasteiger partial charge in [-0.25, -0.2) is 5.01 Å². The van der Waals surface area contributed by atoms with E-state index in [2.05, 4.69) is 5.01 Å². The summed E-state index contributed by atoms with van der Waals surface area (Å²) in [5.74, 6) is 3.99. The molecule has 1 aliphatic heterocycles. The molecule has 4 nitrogen and oxygen atoms in total. The molecule has 0 radical (unpaired) electrons. The van der Waals surface area contributed by atoms with E-state index in [4.69, 9.17) is 5.73 Å². The molecule has 1 amide bonds. The lowest BCUT2D eigenvalue weighted by atomic mass is 9.54. The molecule has 5 aliphatic rings. The largest absolute Gasteiger partial charge is 0.329 e. The van der Waals surface area contributed by atoms with Crippen LogP contribution in [0.2, 0.25) is 0 Å². The van der Waals surface area contributed by atoms with Gasteiger partial charge in [-0.15, -0.1) is 0 Å². The van der Waals surface area contributed by atoms with Crippen LogP contribution < -0.4 is 5.73 Å². The van der Waals surface area contributed by atoms with E-state index in [9.17, 15) is 4.79 Å². The highest BCUT2D eigenvalue weighted by Crippen LogP contribution is 2.55. The van der Waals surface area contributed by atoms with Gasteiger partial charge in [0.15, 0.2) is 0 Å². The Labute approximate surface area is 115 Å². The normalized spacial score (nSPS) is 45.4. The highest BCUT2D eigenvalue weighted by atomic mass is 16.2. The molecule has 106 valence electrons. The summed E-state index contributed by atoms with van der Waals surface area (Å²) in [6.07, 6.45) is 7.85. The molecule has 4 bridgehead atoms. The predicted octanol–water partition coefficient (Wildman–Crippen LogP) is 1.22. The molecule has 0 aromatic carbocycles. The van der Waals surface area contributed by atoms with Gasteiger partial charge in [0.05, 0.1) is 0 Å². The van der Waals surface area contributed by atoms with Crippen molar-refractivity contribution in [2.45, 2.75) is 44.6 Å². The molecule has 0 aromatic heterocycles. The molecule has 5 rings (SSSR count). The fraction of sp³-hybridized carbons (Fsp3) is 0.933. The zero-order valence-electron chi connectivity index (χ0n) is 11.6. The highest BCUT2D eigenvalue weighted by molar-refractivity contribution is 5.77. The maximum atomic E-state index is 12.0. The second kappa shape index (κ2) is 4.45. The Hall–Kier alpha value is -0.610. The summed E-state index contributed by atoms with van der Waals surface area (Å²) in [5.41, 5.74) is 5.69. The maximum absolute atomic E-state index is 12.0. The SMILES string of the molecule is NCCN1C(=O)CCN1C1C2CC3CC(C2)CC1C3. The van der Waals surface area contributed by atoms with Crippen molar-refractivity contribution in [3.05, 3.63) is 0 Å². The third kappa shape index (κ3) is 1.83. The van der Waals surface area contributed by atoms with E-state index in [0.717, 1.165) is 30.2 Å². The second-order valence-electron chi connectivity index (χ2n) is 7.14. The quantitative estimate of drug-likeness (QED) is 0.833. The first kappa shape index (κ1) is 12.2. The topological polar surface area (TPSA) is 49.6 Å². The van der Waals surface area contributed by atoms with Gasteiger partial charge in [0, 0.05) is 32.1 Å². The molecule has 1 saturated heterocycles. The van der Waals surface area contributed by atoms with Crippen LogP contribution in [0.1, 0.15) is 38.5 Å². The Kier molecular flexibility index (Phi) is 2.85. The standard InChI is InChI=1S/C15H25N3O/c16-2-4-17-14(19)1-3-18(17)15-12-6-10-5-11(8-12)9-13(15)7-10/h10-13,15H,1-9,16H2. The maximum Gasteiger partial charge on any atom is 0.238 e. The first-order valence-corrected chi connectivity index (χ1v) is 8.03. The molecular weight excluding hydrogens is 238 g/mol. The van der Waals surface area contributed by atoms with E-state index in [-0.39, 0.29) is 0 Å². The summed E-state index contributed by atoms with van der Waals surface area (Å²) < 4.78 is 0. The molecule has 0 atom stereocenters. The van der Waals surface area contributed by atoms with Crippen molar-refractivity contribution in [3.63, 3.8) is 0 Å². The van der Waals surface area contributed by atoms with Gasteiger partial charge in [-0.05, 0) is 55.8 Å². The Balaban J connectivity index is 1.57. The van der Waals surface area contributed by atoms with Crippen molar-refractivity contribution in [3.8, 4) is 0 Å². The van der Waals surface area contributed by atoms with E-state index in [0.29, 0.717) is 31.5 Å². The van der Waals surface area contributed by atoms with Crippen LogP contribution in [-0.2, 0) is 4.79 Å². The molecule has 4 aliphatic carbocycles. The Morgan fingerprint density at radius 3 is 2.26 bits per heavy atom. The van der Waals surface area contributed by atoms with Gasteiger partial charge in [-0.2, -0.15) is 0 Å². The smallest absolute Gasteiger partial charge is 0.238 e. The molecule has 4 heteroatoms. The molecule has 4 saturated carbocycles. The van der Waals surface area contributed by atoms with Crippen LogP contribution in [-0.4, -0.2) is 41.6 Å². The summed E-state index contributed by atoms with van der Waals surface area (Å²) in [5, 5.41) is 4.40. The summed E-state index contributed by atoms with van der Waals surface area (Å²) >= 11 is 0. The van der Waals surface area contributed by atoms with E-state index >= 15 is 0 Å². The summed E-state index contributed by atoms with van der Waals surface area (Å²) in [7, 11) is 0. The summed E-state index contributed by atoms with van der Waals surface area (Å²) in [4.78, 5) is 12.0. The van der Waals surface area contributed by atoms with Crippen LogP contribution in [0.3, 0.4) is 0 Å². The van der Waals surface area contributed by atoms with Crippen molar-refractivity contribution >= 4 is 5.91 Å². The molecule has 0 spiro atoms. The molecule has 2 N–H and O–H groups in total. The first-order valence-electron chi connectivity index (χ1n) is 8.03. The number of hydrazine groups is 1. The van der Waals surface area contributed by atoms with Gasteiger partial charge < -0.3 is 5.73 Å². The lowest BCUT2D eigenvalue weighted by Gasteiger charge is -2.57. The zero-order chi connectivity index (χ0) is 13.0.